The highest BCUT2D eigenvalue weighted by molar-refractivity contribution is 5.88. The summed E-state index contributed by atoms with van der Waals surface area (Å²) in [6.45, 7) is -0.330. The zero-order valence-electron chi connectivity index (χ0n) is 52.5. The van der Waals surface area contributed by atoms with Gasteiger partial charge in [-0.1, -0.05) is 83.5 Å². The molecule has 12 N–H and O–H groups in total. The molecule has 1 aromatic rings. The maximum absolute atomic E-state index is 12.6. The molecule has 4 amide bonds. The standard InChI is InChI=1S/C62H103N7O21/c63-50(39-47-40-64-44-67-47)53(73)27-22-45(54(74)41-70)18-15-16-30-65-55(75)29-26-52(62(85)86)69-57(77)28-23-46(60(81)82)38-49(72)42-89-36-35-88-33-31-66-58(78)43-90-37-34-87-32-17-19-48(71)24-25-51(61(83)84)68-56(76)20-13-11-9-7-5-3-1-2-4-6-8-10-12-14-21-59(79)80/h40,44-46,50-52,70H,1-39,41-43,63H2,(H,64,67)(H,65,75)(H,66,78)(H,68,76)(H,69,77)(H,79,80)(H,81,82)(H,83,84)(H,85,86)/t45-,46-,50+,51+,52+/m1/s1. The second kappa shape index (κ2) is 53.1. The van der Waals surface area contributed by atoms with Gasteiger partial charge in [0.1, 0.15) is 43.5 Å². The predicted octanol–water partition coefficient (Wildman–Crippen LogP) is 4.09. The van der Waals surface area contributed by atoms with E-state index in [1.165, 1.54) is 38.4 Å². The number of aliphatic carboxylic acids is 4. The largest absolute Gasteiger partial charge is 0.481 e. The summed E-state index contributed by atoms with van der Waals surface area (Å²) in [7, 11) is 0. The van der Waals surface area contributed by atoms with Crippen molar-refractivity contribution in [2.24, 2.45) is 17.6 Å². The van der Waals surface area contributed by atoms with Crippen LogP contribution in [0.5, 0.6) is 0 Å². The molecular weight excluding hydrogens is 1180 g/mol. The van der Waals surface area contributed by atoms with Gasteiger partial charge in [0, 0.05) is 95.3 Å². The number of carbonyl (C=O) groups excluding carboxylic acids is 8. The van der Waals surface area contributed by atoms with Gasteiger partial charge in [-0.25, -0.2) is 14.6 Å². The van der Waals surface area contributed by atoms with Gasteiger partial charge in [-0.3, -0.25) is 47.9 Å². The topological polar surface area (TPSA) is 446 Å². The molecule has 90 heavy (non-hydrogen) atoms. The first kappa shape index (κ1) is 81.4. The van der Waals surface area contributed by atoms with Crippen LogP contribution in [0.2, 0.25) is 0 Å². The molecule has 512 valence electrons. The number of nitrogens with one attached hydrogen (secondary N) is 5. The van der Waals surface area contributed by atoms with Crippen LogP contribution < -0.4 is 27.0 Å². The van der Waals surface area contributed by atoms with Crippen LogP contribution in [-0.4, -0.2) is 197 Å². The van der Waals surface area contributed by atoms with Crippen molar-refractivity contribution in [3.05, 3.63) is 18.2 Å². The molecule has 0 radical (unpaired) electrons. The van der Waals surface area contributed by atoms with Crippen LogP contribution in [0.4, 0.5) is 0 Å². The molecule has 0 spiro atoms. The molecule has 1 heterocycles. The summed E-state index contributed by atoms with van der Waals surface area (Å²) in [5, 5.41) is 57.1. The third-order valence-corrected chi connectivity index (χ3v) is 14.8. The summed E-state index contributed by atoms with van der Waals surface area (Å²) >= 11 is 0. The van der Waals surface area contributed by atoms with E-state index in [0.717, 1.165) is 51.4 Å². The highest BCUT2D eigenvalue weighted by Crippen LogP contribution is 2.19. The molecule has 0 aromatic carbocycles. The molecule has 0 bridgehead atoms. The van der Waals surface area contributed by atoms with Crippen molar-refractivity contribution >= 4 is 70.6 Å². The van der Waals surface area contributed by atoms with E-state index >= 15 is 0 Å². The minimum Gasteiger partial charge on any atom is -0.481 e. The number of carboxylic acid groups (broad SMARTS) is 4. The normalized spacial score (nSPS) is 12.9. The van der Waals surface area contributed by atoms with Gasteiger partial charge in [0.2, 0.25) is 23.6 Å². The fourth-order valence-electron chi connectivity index (χ4n) is 9.54. The number of aromatic nitrogens is 2. The Morgan fingerprint density at radius 1 is 0.456 bits per heavy atom. The summed E-state index contributed by atoms with van der Waals surface area (Å²) in [6.07, 6.45) is 19.0. The number of imidazole rings is 1. The number of H-pyrrole nitrogens is 1. The number of aliphatic hydroxyl groups excluding tert-OH is 1. The van der Waals surface area contributed by atoms with Crippen LogP contribution in [0.15, 0.2) is 12.5 Å². The van der Waals surface area contributed by atoms with Crippen LogP contribution in [0.25, 0.3) is 0 Å². The van der Waals surface area contributed by atoms with Gasteiger partial charge in [0.05, 0.1) is 51.3 Å². The summed E-state index contributed by atoms with van der Waals surface area (Å²) < 4.78 is 21.4. The monoisotopic (exact) mass is 1280 g/mol. The maximum atomic E-state index is 12.6. The lowest BCUT2D eigenvalue weighted by Crippen LogP contribution is -2.42. The lowest BCUT2D eigenvalue weighted by molar-refractivity contribution is -0.145. The number of hydrogen-bond acceptors (Lipinski definition) is 19. The number of rotatable bonds is 63. The first-order valence-corrected chi connectivity index (χ1v) is 32.0. The quantitative estimate of drug-likeness (QED) is 0.0409. The van der Waals surface area contributed by atoms with E-state index in [1.54, 1.807) is 6.20 Å². The molecule has 5 atom stereocenters. The van der Waals surface area contributed by atoms with E-state index in [-0.39, 0.29) is 147 Å². The van der Waals surface area contributed by atoms with E-state index in [1.807, 2.05) is 0 Å². The molecule has 0 saturated heterocycles. The number of aliphatic hydroxyl groups is 1. The number of hydrogen-bond donors (Lipinski definition) is 11. The van der Waals surface area contributed by atoms with Crippen molar-refractivity contribution in [2.45, 2.75) is 217 Å². The fraction of sp³-hybridized carbons (Fsp3) is 0.758. The Balaban J connectivity index is 2.10. The maximum Gasteiger partial charge on any atom is 0.326 e. The lowest BCUT2D eigenvalue weighted by atomic mass is 9.90. The second-order valence-corrected chi connectivity index (χ2v) is 22.5. The van der Waals surface area contributed by atoms with Crippen molar-refractivity contribution < 1.29 is 102 Å². The predicted molar refractivity (Wildman–Crippen MR) is 327 cm³/mol. The van der Waals surface area contributed by atoms with Gasteiger partial charge in [0.15, 0.2) is 11.6 Å². The second-order valence-electron chi connectivity index (χ2n) is 22.5. The molecule has 1 aromatic heterocycles. The molecule has 28 heteroatoms. The first-order valence-electron chi connectivity index (χ1n) is 32.0. The van der Waals surface area contributed by atoms with Gasteiger partial charge in [-0.15, -0.1) is 0 Å². The van der Waals surface area contributed by atoms with Gasteiger partial charge >= 0.3 is 23.9 Å². The van der Waals surface area contributed by atoms with Crippen LogP contribution in [-0.2, 0) is 82.9 Å². The Hall–Kier alpha value is -6.59. The molecule has 0 aliphatic carbocycles. The summed E-state index contributed by atoms with van der Waals surface area (Å²) in [5.74, 6) is -9.88. The third-order valence-electron chi connectivity index (χ3n) is 14.8. The summed E-state index contributed by atoms with van der Waals surface area (Å²) in [4.78, 5) is 152. The SMILES string of the molecule is N[C@@H](Cc1cnc[nH]1)C(=O)CC[C@@H](CCCCNC(=O)CC[C@H](NC(=O)CC[C@H](CC(=O)COCCOCCNC(=O)COCCOCCCC(=O)CC[C@H](NC(=O)CCCCCCCCCCCCCCCCC(=O)O)C(=O)O)C(=O)O)C(=O)O)C(=O)CO. The molecule has 0 aliphatic heterocycles. The highest BCUT2D eigenvalue weighted by Gasteiger charge is 2.27. The zero-order chi connectivity index (χ0) is 66.6. The van der Waals surface area contributed by atoms with E-state index in [0.29, 0.717) is 37.8 Å². The smallest absolute Gasteiger partial charge is 0.326 e. The number of ether oxygens (including phenoxy) is 4. The molecule has 0 aliphatic rings. The first-order chi connectivity index (χ1) is 43.2. The van der Waals surface area contributed by atoms with Crippen molar-refractivity contribution in [1.82, 2.24) is 31.2 Å². The summed E-state index contributed by atoms with van der Waals surface area (Å²) in [5.41, 5.74) is 6.70. The van der Waals surface area contributed by atoms with Crippen LogP contribution in [0.3, 0.4) is 0 Å². The van der Waals surface area contributed by atoms with E-state index < -0.39 is 109 Å². The number of nitrogens with two attached hydrogens (primary N) is 1. The number of Topliss-reactive ketones (excluding diaryl/α,β-unsaturated/α-hetero) is 4. The Bertz CT molecular complexity index is 2250. The molecule has 28 nitrogen and oxygen atoms in total. The summed E-state index contributed by atoms with van der Waals surface area (Å²) in [6, 6.07) is -3.37. The van der Waals surface area contributed by atoms with Gasteiger partial charge in [-0.05, 0) is 57.8 Å². The highest BCUT2D eigenvalue weighted by atomic mass is 16.5. The Morgan fingerprint density at radius 2 is 0.978 bits per heavy atom. The Morgan fingerprint density at radius 3 is 1.54 bits per heavy atom. The molecule has 0 unspecified atom stereocenters. The number of amides is 4. The number of ketones is 4. The average molecular weight is 1280 g/mol. The zero-order valence-corrected chi connectivity index (χ0v) is 52.5. The number of carboxylic acids is 4. The van der Waals surface area contributed by atoms with Gasteiger partial charge < -0.3 is 76.5 Å². The van der Waals surface area contributed by atoms with Crippen molar-refractivity contribution in [3.63, 3.8) is 0 Å². The number of unbranched alkanes of at least 4 members (excludes halogenated alkanes) is 14. The van der Waals surface area contributed by atoms with Crippen molar-refractivity contribution in [2.75, 3.05) is 72.6 Å². The fourth-order valence-corrected chi connectivity index (χ4v) is 9.54. The molecular formula is C62H103N7O21. The lowest BCUT2D eigenvalue weighted by Gasteiger charge is -2.17. The van der Waals surface area contributed by atoms with Gasteiger partial charge in [0.25, 0.3) is 0 Å². The minimum atomic E-state index is -1.45. The Labute approximate surface area is 527 Å². The van der Waals surface area contributed by atoms with Crippen LogP contribution >= 0.6 is 0 Å². The number of carbonyl (C=O) groups is 12. The number of aromatic amines is 1. The molecule has 1 rings (SSSR count). The minimum absolute atomic E-state index is 0.000248. The van der Waals surface area contributed by atoms with Crippen LogP contribution in [0, 0.1) is 11.8 Å². The number of nitrogens with zero attached hydrogens (tertiary/aromatic N) is 1. The van der Waals surface area contributed by atoms with Crippen LogP contribution in [0.1, 0.15) is 198 Å². The van der Waals surface area contributed by atoms with E-state index in [4.69, 9.17) is 29.8 Å². The van der Waals surface area contributed by atoms with Gasteiger partial charge in [-0.2, -0.15) is 0 Å². The Kier molecular flexibility index (Phi) is 48.0. The molecule has 0 fully saturated rings. The third kappa shape index (κ3) is 45.6. The van der Waals surface area contributed by atoms with Crippen molar-refractivity contribution in [3.8, 4) is 0 Å². The van der Waals surface area contributed by atoms with E-state index in [9.17, 15) is 78.0 Å². The van der Waals surface area contributed by atoms with E-state index in [2.05, 4.69) is 31.2 Å². The van der Waals surface area contributed by atoms with Crippen molar-refractivity contribution in [1.29, 1.82) is 0 Å². The average Bonchev–Trinajstić information content (AvgIpc) is 4.21. The molecule has 0 saturated carbocycles.